The number of aliphatic hydroxyl groups is 1. The van der Waals surface area contributed by atoms with E-state index >= 15 is 0 Å². The van der Waals surface area contributed by atoms with Gasteiger partial charge in [0.05, 0.1) is 5.76 Å². The lowest BCUT2D eigenvalue weighted by atomic mass is 10.7. The van der Waals surface area contributed by atoms with E-state index in [2.05, 4.69) is 6.58 Å². The number of allylic oxidation sites excluding steroid dienone is 1. The van der Waals surface area contributed by atoms with E-state index in [0.717, 1.165) is 0 Å². The summed E-state index contributed by atoms with van der Waals surface area (Å²) in [4.78, 5) is 0. The minimum absolute atomic E-state index is 0.757. The molecule has 0 rings (SSSR count). The van der Waals surface area contributed by atoms with Crippen LogP contribution in [-0.2, 0) is 0 Å². The van der Waals surface area contributed by atoms with Crippen LogP contribution < -0.4 is 0 Å². The van der Waals surface area contributed by atoms with Crippen LogP contribution in [0.3, 0.4) is 0 Å². The van der Waals surface area contributed by atoms with Gasteiger partial charge in [-0.1, -0.05) is 6.58 Å². The van der Waals surface area contributed by atoms with Crippen LogP contribution in [0, 0.1) is 0 Å². The Hall–Kier alpha value is -0.460. The highest BCUT2D eigenvalue weighted by atomic mass is 16.3. The molecule has 0 bridgehead atoms. The Labute approximate surface area is 29.8 Å². The molecule has 0 aromatic rings. The summed E-state index contributed by atoms with van der Waals surface area (Å²) in [7, 11) is 0. The molecular formula is C3H6O. The van der Waals surface area contributed by atoms with Gasteiger partial charge in [0.1, 0.15) is 0 Å². The van der Waals surface area contributed by atoms with Gasteiger partial charge in [0.25, 0.3) is 0 Å². The first-order valence-corrected chi connectivity index (χ1v) is 0.827. The lowest BCUT2D eigenvalue weighted by Crippen LogP contribution is -1.54. The van der Waals surface area contributed by atoms with Crippen molar-refractivity contribution in [3.8, 4) is 0 Å². The van der Waals surface area contributed by atoms with Gasteiger partial charge in [0.2, 0.25) is 0 Å². The largest absolute Gasteiger partial charge is 0.513 e. The summed E-state index contributed by atoms with van der Waals surface area (Å²) in [5.74, 6) is -0.757. The van der Waals surface area contributed by atoms with Crippen molar-refractivity contribution >= 4 is 0 Å². The fraction of sp³-hybridized carbons (Fsp3) is 0.333. The van der Waals surface area contributed by atoms with Crippen molar-refractivity contribution in [1.82, 2.24) is 0 Å². The van der Waals surface area contributed by atoms with E-state index in [0.29, 0.717) is 0 Å². The Morgan fingerprint density at radius 3 is 2.75 bits per heavy atom. The molecule has 0 radical (unpaired) electrons. The SMILES string of the molecule is [2H]C([2H])([2H])C(=C)O. The molecule has 0 amide bonds. The smallest absolute Gasteiger partial charge is 0.0820 e. The molecule has 0 aliphatic carbocycles. The second-order valence-corrected chi connectivity index (χ2v) is 0.447. The maximum atomic E-state index is 8.13. The third kappa shape index (κ3) is 2.12. The van der Waals surface area contributed by atoms with Crippen LogP contribution >= 0.6 is 0 Å². The Morgan fingerprint density at radius 2 is 2.75 bits per heavy atom. The third-order valence-electron chi connectivity index (χ3n) is 0. The average Bonchev–Trinajstić information content (AvgIpc) is 1.31. The third-order valence-corrected chi connectivity index (χ3v) is 0. The van der Waals surface area contributed by atoms with E-state index in [9.17, 15) is 0 Å². The van der Waals surface area contributed by atoms with Gasteiger partial charge in [-0.3, -0.25) is 0 Å². The van der Waals surface area contributed by atoms with Crippen LogP contribution in [0.15, 0.2) is 12.3 Å². The zero-order valence-corrected chi connectivity index (χ0v) is 2.15. The quantitative estimate of drug-likeness (QED) is 0.415. The fourth-order valence-corrected chi connectivity index (χ4v) is 0. The van der Waals surface area contributed by atoms with Crippen LogP contribution in [0.2, 0.25) is 0 Å². The van der Waals surface area contributed by atoms with Crippen molar-refractivity contribution in [2.45, 2.75) is 6.85 Å². The number of hydrogen-bond acceptors (Lipinski definition) is 1. The van der Waals surface area contributed by atoms with Gasteiger partial charge >= 0.3 is 0 Å². The first-order valence-electron chi connectivity index (χ1n) is 2.33. The molecule has 4 heavy (non-hydrogen) atoms. The van der Waals surface area contributed by atoms with E-state index in [1.807, 2.05) is 0 Å². The van der Waals surface area contributed by atoms with Crippen molar-refractivity contribution in [2.75, 3.05) is 0 Å². The van der Waals surface area contributed by atoms with Gasteiger partial charge in [-0.15, -0.1) is 0 Å². The summed E-state index contributed by atoms with van der Waals surface area (Å²) in [5.41, 5.74) is 0. The summed E-state index contributed by atoms with van der Waals surface area (Å²) >= 11 is 0. The number of hydrogen-bond donors (Lipinski definition) is 1. The van der Waals surface area contributed by atoms with E-state index in [4.69, 9.17) is 9.22 Å². The molecule has 0 unspecified atom stereocenters. The number of aliphatic hydroxyl groups excluding tert-OH is 1. The Morgan fingerprint density at radius 1 is 2.50 bits per heavy atom. The first-order chi connectivity index (χ1) is 2.94. The van der Waals surface area contributed by atoms with Crippen molar-refractivity contribution in [1.29, 1.82) is 0 Å². The second-order valence-electron chi connectivity index (χ2n) is 0.447. The molecule has 0 saturated carbocycles. The standard InChI is InChI=1S/C3H6O/c1-3(2)4/h4H,1H2,2H3/i2D3. The van der Waals surface area contributed by atoms with Gasteiger partial charge in [0.15, 0.2) is 0 Å². The second kappa shape index (κ2) is 0.934. The average molecular weight is 61.1 g/mol. The van der Waals surface area contributed by atoms with Crippen molar-refractivity contribution in [3.63, 3.8) is 0 Å². The lowest BCUT2D eigenvalue weighted by Gasteiger charge is -1.68. The zero-order chi connectivity index (χ0) is 6.08. The van der Waals surface area contributed by atoms with E-state index < -0.39 is 12.6 Å². The molecule has 0 heterocycles. The van der Waals surface area contributed by atoms with Gasteiger partial charge in [-0.25, -0.2) is 0 Å². The number of rotatable bonds is 0. The van der Waals surface area contributed by atoms with Crippen LogP contribution in [0.1, 0.15) is 11.0 Å². The molecule has 0 fully saturated rings. The van der Waals surface area contributed by atoms with E-state index in [1.165, 1.54) is 0 Å². The van der Waals surface area contributed by atoms with E-state index in [1.54, 1.807) is 0 Å². The molecule has 1 N–H and O–H groups in total. The Bertz CT molecular complexity index is 82.7. The van der Waals surface area contributed by atoms with Crippen LogP contribution in [0.5, 0.6) is 0 Å². The predicted octanol–water partition coefficient (Wildman–Crippen LogP) is 1.08. The van der Waals surface area contributed by atoms with Crippen molar-refractivity contribution < 1.29 is 9.22 Å². The predicted molar refractivity (Wildman–Crippen MR) is 17.4 cm³/mol. The van der Waals surface area contributed by atoms with Crippen LogP contribution in [-0.4, -0.2) is 5.11 Å². The molecular weight excluding hydrogens is 52.0 g/mol. The van der Waals surface area contributed by atoms with Crippen LogP contribution in [0.4, 0.5) is 0 Å². The summed E-state index contributed by atoms with van der Waals surface area (Å²) in [6, 6.07) is 0. The molecule has 0 aromatic carbocycles. The highest BCUT2D eigenvalue weighted by Crippen LogP contribution is 1.66. The Kier molecular flexibility index (Phi) is 0.174. The van der Waals surface area contributed by atoms with E-state index in [-0.39, 0.29) is 0 Å². The molecule has 0 atom stereocenters. The molecule has 0 saturated heterocycles. The lowest BCUT2D eigenvalue weighted by molar-refractivity contribution is 0.417. The molecule has 0 aliphatic rings. The fourth-order valence-electron chi connectivity index (χ4n) is 0. The maximum Gasteiger partial charge on any atom is 0.0820 e. The van der Waals surface area contributed by atoms with Gasteiger partial charge < -0.3 is 5.11 Å². The topological polar surface area (TPSA) is 20.2 Å². The van der Waals surface area contributed by atoms with Crippen molar-refractivity contribution in [3.05, 3.63) is 12.3 Å². The first kappa shape index (κ1) is 0.744. The van der Waals surface area contributed by atoms with Crippen molar-refractivity contribution in [2.24, 2.45) is 0 Å². The van der Waals surface area contributed by atoms with Gasteiger partial charge in [-0.05, 0) is 6.85 Å². The maximum absolute atomic E-state index is 8.13. The molecule has 24 valence electrons. The highest BCUT2D eigenvalue weighted by molar-refractivity contribution is 4.67. The molecule has 1 nitrogen and oxygen atoms in total. The zero-order valence-electron chi connectivity index (χ0n) is 5.15. The van der Waals surface area contributed by atoms with Gasteiger partial charge in [0, 0.05) is 4.11 Å². The Balaban J connectivity index is 3.79. The molecule has 0 aliphatic heterocycles. The minimum Gasteiger partial charge on any atom is -0.513 e. The minimum atomic E-state index is -2.39. The summed E-state index contributed by atoms with van der Waals surface area (Å²) in [5, 5.41) is 8.13. The molecule has 0 aromatic heterocycles. The van der Waals surface area contributed by atoms with Crippen LogP contribution in [0.25, 0.3) is 0 Å². The summed E-state index contributed by atoms with van der Waals surface area (Å²) in [6.07, 6.45) is 0. The highest BCUT2D eigenvalue weighted by Gasteiger charge is 1.53. The molecule has 1 heteroatoms. The monoisotopic (exact) mass is 61.1 g/mol. The summed E-state index contributed by atoms with van der Waals surface area (Å²) < 4.78 is 19.1. The normalized spacial score (nSPS) is 20.5. The molecule has 0 spiro atoms. The van der Waals surface area contributed by atoms with Gasteiger partial charge in [-0.2, -0.15) is 0 Å². The summed E-state index contributed by atoms with van der Waals surface area (Å²) in [6.45, 7) is 0.431.